The van der Waals surface area contributed by atoms with Crippen molar-refractivity contribution < 1.29 is 5.11 Å². The van der Waals surface area contributed by atoms with Crippen molar-refractivity contribution in [3.8, 4) is 11.3 Å². The zero-order valence-corrected chi connectivity index (χ0v) is 14.2. The van der Waals surface area contributed by atoms with Gasteiger partial charge in [0.15, 0.2) is 0 Å². The Balaban J connectivity index is 1.93. The molecule has 6 nitrogen and oxygen atoms in total. The minimum atomic E-state index is 0.108. The maximum Gasteiger partial charge on any atom is 0.104 e. The third kappa shape index (κ3) is 2.45. The molecule has 1 aromatic carbocycles. The minimum Gasteiger partial charge on any atom is -0.395 e. The molecule has 7 heteroatoms. The first-order valence-electron chi connectivity index (χ1n) is 7.98. The molecular formula is C17H19N5OS. The first kappa shape index (κ1) is 15.4. The molecule has 0 saturated heterocycles. The molecule has 24 heavy (non-hydrogen) atoms. The van der Waals surface area contributed by atoms with E-state index in [0.717, 1.165) is 40.4 Å². The lowest BCUT2D eigenvalue weighted by atomic mass is 10.1. The van der Waals surface area contributed by atoms with Crippen molar-refractivity contribution in [1.82, 2.24) is 20.1 Å². The Kier molecular flexibility index (Phi) is 4.13. The van der Waals surface area contributed by atoms with Crippen LogP contribution in [-0.2, 0) is 6.54 Å². The normalized spacial score (nSPS) is 12.4. The van der Waals surface area contributed by atoms with E-state index in [0.29, 0.717) is 6.54 Å². The van der Waals surface area contributed by atoms with Crippen molar-refractivity contribution in [3.63, 3.8) is 0 Å². The van der Waals surface area contributed by atoms with Gasteiger partial charge >= 0.3 is 0 Å². The minimum absolute atomic E-state index is 0.108. The maximum atomic E-state index is 9.13. The number of nitrogens with zero attached hydrogens (tertiary/aromatic N) is 3. The van der Waals surface area contributed by atoms with Crippen LogP contribution in [0.2, 0.25) is 0 Å². The maximum absolute atomic E-state index is 9.13. The van der Waals surface area contributed by atoms with Crippen LogP contribution in [0.15, 0.2) is 40.4 Å². The second-order valence-corrected chi connectivity index (χ2v) is 6.69. The summed E-state index contributed by atoms with van der Waals surface area (Å²) in [6.45, 7) is 2.32. The standard InChI is InChI=1S/C17H19N5OS/c1-18-6-8-22-13-3-2-12(20-7-9-23)17-15(13)16(21-22)11-10-19-5-4-14(11)24-17/h2-5,10,18,20,23H,6-9H2,1H3. The van der Waals surface area contributed by atoms with Gasteiger partial charge in [-0.2, -0.15) is 5.10 Å². The number of aromatic nitrogens is 3. The fourth-order valence-corrected chi connectivity index (χ4v) is 4.17. The van der Waals surface area contributed by atoms with Gasteiger partial charge in [0, 0.05) is 51.9 Å². The lowest BCUT2D eigenvalue weighted by molar-refractivity contribution is 0.311. The number of fused-ring (bicyclic) bond motifs is 2. The molecule has 4 rings (SSSR count). The summed E-state index contributed by atoms with van der Waals surface area (Å²) in [5.41, 5.74) is 4.25. The molecule has 3 aromatic rings. The molecule has 0 atom stereocenters. The van der Waals surface area contributed by atoms with Gasteiger partial charge in [0.1, 0.15) is 5.69 Å². The first-order chi connectivity index (χ1) is 11.8. The van der Waals surface area contributed by atoms with Crippen LogP contribution in [0.4, 0.5) is 5.69 Å². The van der Waals surface area contributed by atoms with Crippen LogP contribution in [0.5, 0.6) is 0 Å². The van der Waals surface area contributed by atoms with E-state index in [4.69, 9.17) is 10.2 Å². The van der Waals surface area contributed by atoms with Crippen LogP contribution in [0.1, 0.15) is 0 Å². The third-order valence-corrected chi connectivity index (χ3v) is 5.32. The molecule has 3 N–H and O–H groups in total. The van der Waals surface area contributed by atoms with Crippen LogP contribution in [0.25, 0.3) is 22.2 Å². The van der Waals surface area contributed by atoms with Crippen molar-refractivity contribution in [1.29, 1.82) is 0 Å². The topological polar surface area (TPSA) is 75.0 Å². The van der Waals surface area contributed by atoms with E-state index in [-0.39, 0.29) is 6.61 Å². The van der Waals surface area contributed by atoms with Crippen molar-refractivity contribution >= 4 is 28.4 Å². The molecule has 0 unspecified atom stereocenters. The van der Waals surface area contributed by atoms with E-state index in [2.05, 4.69) is 32.4 Å². The van der Waals surface area contributed by atoms with E-state index in [1.807, 2.05) is 25.5 Å². The number of nitrogens with one attached hydrogen (secondary N) is 2. The molecule has 0 fully saturated rings. The van der Waals surface area contributed by atoms with Gasteiger partial charge in [-0.25, -0.2) is 0 Å². The molecule has 0 radical (unpaired) electrons. The van der Waals surface area contributed by atoms with Gasteiger partial charge in [-0.3, -0.25) is 9.67 Å². The Labute approximate surface area is 144 Å². The molecule has 1 aliphatic rings. The number of rotatable bonds is 6. The molecule has 0 spiro atoms. The van der Waals surface area contributed by atoms with Gasteiger partial charge in [0.25, 0.3) is 0 Å². The number of aliphatic hydroxyl groups excluding tert-OH is 1. The Morgan fingerprint density at radius 2 is 2.17 bits per heavy atom. The molecule has 3 heterocycles. The van der Waals surface area contributed by atoms with E-state index in [9.17, 15) is 0 Å². The summed E-state index contributed by atoms with van der Waals surface area (Å²) in [4.78, 5) is 6.61. The van der Waals surface area contributed by atoms with Gasteiger partial charge in [-0.1, -0.05) is 11.8 Å². The average Bonchev–Trinajstić information content (AvgIpc) is 2.99. The number of hydrogen-bond acceptors (Lipinski definition) is 6. The molecule has 0 amide bonds. The first-order valence-corrected chi connectivity index (χ1v) is 8.80. The highest BCUT2D eigenvalue weighted by molar-refractivity contribution is 8.00. The number of pyridine rings is 1. The fraction of sp³-hybridized carbons (Fsp3) is 0.294. The number of aliphatic hydroxyl groups is 1. The average molecular weight is 341 g/mol. The molecule has 0 bridgehead atoms. The number of benzene rings is 1. The van der Waals surface area contributed by atoms with Gasteiger partial charge in [-0.05, 0) is 25.2 Å². The Morgan fingerprint density at radius 3 is 3.00 bits per heavy atom. The van der Waals surface area contributed by atoms with Crippen molar-refractivity contribution in [2.45, 2.75) is 16.3 Å². The van der Waals surface area contributed by atoms with Gasteiger partial charge in [-0.15, -0.1) is 0 Å². The van der Waals surface area contributed by atoms with Crippen LogP contribution in [0, 0.1) is 0 Å². The summed E-state index contributed by atoms with van der Waals surface area (Å²) in [5, 5.41) is 21.7. The molecule has 0 aliphatic carbocycles. The van der Waals surface area contributed by atoms with E-state index in [1.165, 1.54) is 10.3 Å². The molecule has 0 saturated carbocycles. The Hall–Kier alpha value is -2.09. The highest BCUT2D eigenvalue weighted by Gasteiger charge is 2.25. The monoisotopic (exact) mass is 341 g/mol. The zero-order chi connectivity index (χ0) is 16.5. The highest BCUT2D eigenvalue weighted by Crippen LogP contribution is 2.49. The predicted molar refractivity (Wildman–Crippen MR) is 96.6 cm³/mol. The number of hydrogen-bond donors (Lipinski definition) is 3. The lowest BCUT2D eigenvalue weighted by Gasteiger charge is -2.18. The van der Waals surface area contributed by atoms with Crippen molar-refractivity contribution in [2.24, 2.45) is 0 Å². The summed E-state index contributed by atoms with van der Waals surface area (Å²) < 4.78 is 2.06. The fourth-order valence-electron chi connectivity index (χ4n) is 3.01. The van der Waals surface area contributed by atoms with E-state index < -0.39 is 0 Å². The van der Waals surface area contributed by atoms with Crippen LogP contribution in [0.3, 0.4) is 0 Å². The predicted octanol–water partition coefficient (Wildman–Crippen LogP) is 2.19. The number of likely N-dealkylation sites (N-methyl/N-ethyl adjacent to an activating group) is 1. The Morgan fingerprint density at radius 1 is 1.25 bits per heavy atom. The van der Waals surface area contributed by atoms with Crippen molar-refractivity contribution in [3.05, 3.63) is 30.6 Å². The quantitative estimate of drug-likeness (QED) is 0.499. The largest absolute Gasteiger partial charge is 0.395 e. The van der Waals surface area contributed by atoms with Crippen LogP contribution >= 0.6 is 11.8 Å². The van der Waals surface area contributed by atoms with E-state index >= 15 is 0 Å². The van der Waals surface area contributed by atoms with Gasteiger partial charge in [0.05, 0.1) is 18.7 Å². The van der Waals surface area contributed by atoms with Gasteiger partial charge < -0.3 is 15.7 Å². The smallest absolute Gasteiger partial charge is 0.104 e. The lowest BCUT2D eigenvalue weighted by Crippen LogP contribution is -2.15. The van der Waals surface area contributed by atoms with Gasteiger partial charge in [0.2, 0.25) is 0 Å². The molecule has 2 aromatic heterocycles. The summed E-state index contributed by atoms with van der Waals surface area (Å²) in [5.74, 6) is 0. The highest BCUT2D eigenvalue weighted by atomic mass is 32.2. The zero-order valence-electron chi connectivity index (χ0n) is 13.4. The Bertz CT molecular complexity index is 892. The second-order valence-electron chi connectivity index (χ2n) is 5.64. The van der Waals surface area contributed by atoms with Crippen LogP contribution in [-0.4, -0.2) is 46.6 Å². The number of anilines is 1. The summed E-state index contributed by atoms with van der Waals surface area (Å²) in [6.07, 6.45) is 3.71. The SMILES string of the molecule is CNCCn1nc2c3c(c(NCCO)ccc31)Sc1ccncc1-2. The van der Waals surface area contributed by atoms with E-state index in [1.54, 1.807) is 11.8 Å². The summed E-state index contributed by atoms with van der Waals surface area (Å²) in [7, 11) is 1.95. The summed E-state index contributed by atoms with van der Waals surface area (Å²) >= 11 is 1.74. The molecule has 1 aliphatic heterocycles. The van der Waals surface area contributed by atoms with Crippen LogP contribution < -0.4 is 10.6 Å². The molecular weight excluding hydrogens is 322 g/mol. The third-order valence-electron chi connectivity index (χ3n) is 4.12. The van der Waals surface area contributed by atoms with Crippen molar-refractivity contribution in [2.75, 3.05) is 32.1 Å². The molecule has 124 valence electrons. The summed E-state index contributed by atoms with van der Waals surface area (Å²) in [6, 6.07) is 6.21. The second kappa shape index (κ2) is 6.43.